The van der Waals surface area contributed by atoms with E-state index in [9.17, 15) is 4.79 Å². The fraction of sp³-hybridized carbons (Fsp3) is 0.444. The molecule has 1 saturated heterocycles. The lowest BCUT2D eigenvalue weighted by atomic mass is 10.2. The van der Waals surface area contributed by atoms with Crippen molar-refractivity contribution < 1.29 is 9.53 Å². The van der Waals surface area contributed by atoms with E-state index in [1.54, 1.807) is 30.3 Å². The molecule has 1 aliphatic heterocycles. The molecule has 3 rings (SSSR count). The van der Waals surface area contributed by atoms with E-state index in [0.29, 0.717) is 13.0 Å². The SMILES string of the molecule is CN(C)C(=O)CCN1CCO[C@@H](c2nc(-c3ccccc3)cs2)C1. The minimum Gasteiger partial charge on any atom is -0.368 e. The molecule has 1 aromatic heterocycles. The van der Waals surface area contributed by atoms with Crippen LogP contribution in [0.3, 0.4) is 0 Å². The molecule has 0 N–H and O–H groups in total. The third kappa shape index (κ3) is 4.20. The number of rotatable bonds is 5. The summed E-state index contributed by atoms with van der Waals surface area (Å²) in [6.45, 7) is 3.12. The quantitative estimate of drug-likeness (QED) is 0.836. The number of carbonyl (C=O) groups excluding carboxylic acids is 1. The first-order chi connectivity index (χ1) is 11.6. The number of carbonyl (C=O) groups is 1. The molecule has 5 nitrogen and oxygen atoms in total. The second kappa shape index (κ2) is 7.88. The predicted octanol–water partition coefficient (Wildman–Crippen LogP) is 2.66. The van der Waals surface area contributed by atoms with Crippen molar-refractivity contribution in [3.05, 3.63) is 40.7 Å². The smallest absolute Gasteiger partial charge is 0.223 e. The zero-order chi connectivity index (χ0) is 16.9. The molecular weight excluding hydrogens is 322 g/mol. The average Bonchev–Trinajstić information content (AvgIpc) is 3.11. The molecule has 0 spiro atoms. The van der Waals surface area contributed by atoms with E-state index in [2.05, 4.69) is 22.4 Å². The van der Waals surface area contributed by atoms with Crippen molar-refractivity contribution >= 4 is 17.2 Å². The van der Waals surface area contributed by atoms with Gasteiger partial charge in [0.1, 0.15) is 11.1 Å². The minimum atomic E-state index is -0.00401. The summed E-state index contributed by atoms with van der Waals surface area (Å²) in [6, 6.07) is 10.2. The Morgan fingerprint density at radius 2 is 2.17 bits per heavy atom. The van der Waals surface area contributed by atoms with Crippen LogP contribution in [-0.2, 0) is 9.53 Å². The zero-order valence-electron chi connectivity index (χ0n) is 14.1. The highest BCUT2D eigenvalue weighted by Crippen LogP contribution is 2.29. The number of hydrogen-bond acceptors (Lipinski definition) is 5. The van der Waals surface area contributed by atoms with E-state index < -0.39 is 0 Å². The van der Waals surface area contributed by atoms with Crippen molar-refractivity contribution in [2.75, 3.05) is 40.3 Å². The molecule has 0 radical (unpaired) electrons. The third-order valence-corrected chi connectivity index (χ3v) is 5.09. The fourth-order valence-corrected chi connectivity index (χ4v) is 3.58. The van der Waals surface area contributed by atoms with Gasteiger partial charge in [-0.15, -0.1) is 11.3 Å². The molecule has 6 heteroatoms. The summed E-state index contributed by atoms with van der Waals surface area (Å²) < 4.78 is 5.91. The van der Waals surface area contributed by atoms with Gasteiger partial charge in [0, 0.05) is 51.1 Å². The monoisotopic (exact) mass is 345 g/mol. The van der Waals surface area contributed by atoms with Gasteiger partial charge in [-0.1, -0.05) is 30.3 Å². The van der Waals surface area contributed by atoms with E-state index in [4.69, 9.17) is 9.72 Å². The van der Waals surface area contributed by atoms with E-state index in [1.165, 1.54) is 0 Å². The van der Waals surface area contributed by atoms with Crippen LogP contribution in [0.15, 0.2) is 35.7 Å². The Hall–Kier alpha value is -1.76. The maximum atomic E-state index is 11.8. The summed E-state index contributed by atoms with van der Waals surface area (Å²) in [5, 5.41) is 3.10. The lowest BCUT2D eigenvalue weighted by molar-refractivity contribution is -0.129. The number of aromatic nitrogens is 1. The van der Waals surface area contributed by atoms with Crippen LogP contribution in [0.5, 0.6) is 0 Å². The van der Waals surface area contributed by atoms with Gasteiger partial charge < -0.3 is 9.64 Å². The van der Waals surface area contributed by atoms with Crippen molar-refractivity contribution in [2.45, 2.75) is 12.5 Å². The summed E-state index contributed by atoms with van der Waals surface area (Å²) in [4.78, 5) is 20.4. The maximum Gasteiger partial charge on any atom is 0.223 e. The van der Waals surface area contributed by atoms with Gasteiger partial charge in [-0.2, -0.15) is 0 Å². The van der Waals surface area contributed by atoms with E-state index in [-0.39, 0.29) is 12.0 Å². The molecule has 2 heterocycles. The largest absolute Gasteiger partial charge is 0.368 e. The van der Waals surface area contributed by atoms with E-state index in [1.807, 2.05) is 18.2 Å². The summed E-state index contributed by atoms with van der Waals surface area (Å²) in [5.74, 6) is 0.165. The first-order valence-electron chi connectivity index (χ1n) is 8.18. The van der Waals surface area contributed by atoms with Crippen LogP contribution >= 0.6 is 11.3 Å². The first-order valence-corrected chi connectivity index (χ1v) is 9.06. The molecular formula is C18H23N3O2S. The topological polar surface area (TPSA) is 45.7 Å². The highest BCUT2D eigenvalue weighted by Gasteiger charge is 2.25. The van der Waals surface area contributed by atoms with Crippen molar-refractivity contribution in [2.24, 2.45) is 0 Å². The van der Waals surface area contributed by atoms with Crippen molar-refractivity contribution in [1.82, 2.24) is 14.8 Å². The summed E-state index contributed by atoms with van der Waals surface area (Å²) in [6.07, 6.45) is 0.544. The van der Waals surface area contributed by atoms with Crippen LogP contribution in [0.4, 0.5) is 0 Å². The number of hydrogen-bond donors (Lipinski definition) is 0. The van der Waals surface area contributed by atoms with E-state index >= 15 is 0 Å². The lowest BCUT2D eigenvalue weighted by Crippen LogP contribution is -2.40. The molecule has 1 aliphatic rings. The molecule has 128 valence electrons. The Balaban J connectivity index is 1.61. The molecule has 24 heavy (non-hydrogen) atoms. The van der Waals surface area contributed by atoms with Gasteiger partial charge in [-0.05, 0) is 0 Å². The maximum absolute atomic E-state index is 11.8. The van der Waals surface area contributed by atoms with Gasteiger partial charge in [-0.25, -0.2) is 4.98 Å². The summed E-state index contributed by atoms with van der Waals surface area (Å²) in [5.41, 5.74) is 2.13. The van der Waals surface area contributed by atoms with Gasteiger partial charge in [-0.3, -0.25) is 9.69 Å². The molecule has 1 fully saturated rings. The predicted molar refractivity (Wildman–Crippen MR) is 96.0 cm³/mol. The Kier molecular flexibility index (Phi) is 5.60. The number of benzene rings is 1. The van der Waals surface area contributed by atoms with Gasteiger partial charge in [0.05, 0.1) is 12.3 Å². The van der Waals surface area contributed by atoms with Crippen LogP contribution in [0, 0.1) is 0 Å². The third-order valence-electron chi connectivity index (χ3n) is 4.16. The summed E-state index contributed by atoms with van der Waals surface area (Å²) in [7, 11) is 3.59. The number of morpholine rings is 1. The van der Waals surface area contributed by atoms with Crippen LogP contribution < -0.4 is 0 Å². The number of ether oxygens (including phenoxy) is 1. The Labute approximate surface area is 146 Å². The van der Waals surface area contributed by atoms with Gasteiger partial charge >= 0.3 is 0 Å². The number of thiazole rings is 1. The van der Waals surface area contributed by atoms with Crippen molar-refractivity contribution in [1.29, 1.82) is 0 Å². The van der Waals surface area contributed by atoms with Crippen molar-refractivity contribution in [3.63, 3.8) is 0 Å². The Morgan fingerprint density at radius 3 is 2.92 bits per heavy atom. The van der Waals surface area contributed by atoms with Crippen LogP contribution in [0.25, 0.3) is 11.3 Å². The molecule has 0 saturated carbocycles. The van der Waals surface area contributed by atoms with E-state index in [0.717, 1.165) is 35.9 Å². The molecule has 1 atom stereocenters. The second-order valence-electron chi connectivity index (χ2n) is 6.14. The van der Waals surface area contributed by atoms with Crippen LogP contribution in [-0.4, -0.2) is 61.0 Å². The number of nitrogens with zero attached hydrogens (tertiary/aromatic N) is 3. The number of amides is 1. The highest BCUT2D eigenvalue weighted by atomic mass is 32.1. The van der Waals surface area contributed by atoms with Gasteiger partial charge in [0.25, 0.3) is 0 Å². The molecule has 2 aromatic rings. The molecule has 1 aromatic carbocycles. The van der Waals surface area contributed by atoms with Gasteiger partial charge in [0.15, 0.2) is 0 Å². The average molecular weight is 345 g/mol. The van der Waals surface area contributed by atoms with Crippen molar-refractivity contribution in [3.8, 4) is 11.3 Å². The molecule has 1 amide bonds. The Morgan fingerprint density at radius 1 is 1.38 bits per heavy atom. The molecule has 0 aliphatic carbocycles. The zero-order valence-corrected chi connectivity index (χ0v) is 15.0. The fourth-order valence-electron chi connectivity index (χ4n) is 2.71. The molecule has 0 unspecified atom stereocenters. The minimum absolute atomic E-state index is 0.00401. The normalized spacial score (nSPS) is 18.5. The summed E-state index contributed by atoms with van der Waals surface area (Å²) >= 11 is 1.64. The van der Waals surface area contributed by atoms with Crippen LogP contribution in [0.1, 0.15) is 17.5 Å². The van der Waals surface area contributed by atoms with Gasteiger partial charge in [0.2, 0.25) is 5.91 Å². The van der Waals surface area contributed by atoms with Crippen LogP contribution in [0.2, 0.25) is 0 Å². The molecule has 0 bridgehead atoms. The lowest BCUT2D eigenvalue weighted by Gasteiger charge is -2.32. The second-order valence-corrected chi connectivity index (χ2v) is 7.02. The first kappa shape index (κ1) is 17.1. The standard InChI is InChI=1S/C18H23N3O2S/c1-20(2)17(22)8-9-21-10-11-23-16(12-21)18-19-15(13-24-18)14-6-4-3-5-7-14/h3-7,13,16H,8-12H2,1-2H3/t16-/m1/s1. The highest BCUT2D eigenvalue weighted by molar-refractivity contribution is 7.10. The Bertz CT molecular complexity index is 672.